The molecule has 0 saturated carbocycles. The summed E-state index contributed by atoms with van der Waals surface area (Å²) < 4.78 is 5.32. The van der Waals surface area contributed by atoms with E-state index >= 15 is 0 Å². The van der Waals surface area contributed by atoms with Crippen LogP contribution in [0.25, 0.3) is 0 Å². The fourth-order valence-corrected chi connectivity index (χ4v) is 2.89. The first kappa shape index (κ1) is 18.5. The molecule has 1 heterocycles. The molecule has 0 aliphatic carbocycles. The predicted molar refractivity (Wildman–Crippen MR) is 93.3 cm³/mol. The first-order chi connectivity index (χ1) is 11.3. The summed E-state index contributed by atoms with van der Waals surface area (Å²) in [6, 6.07) is 9.30. The average molecular weight is 332 g/mol. The fraction of sp³-hybridized carbons (Fsp3) is 0.579. The van der Waals surface area contributed by atoms with Crippen molar-refractivity contribution >= 4 is 11.9 Å². The van der Waals surface area contributed by atoms with Gasteiger partial charge in [0.15, 0.2) is 0 Å². The van der Waals surface area contributed by atoms with E-state index in [-0.39, 0.29) is 11.9 Å². The smallest absolute Gasteiger partial charge is 0.328 e. The lowest BCUT2D eigenvalue weighted by Crippen LogP contribution is -2.49. The van der Waals surface area contributed by atoms with Gasteiger partial charge in [0.2, 0.25) is 5.91 Å². The zero-order valence-electron chi connectivity index (χ0n) is 15.0. The predicted octanol–water partition coefficient (Wildman–Crippen LogP) is 2.50. The van der Waals surface area contributed by atoms with Crippen LogP contribution in [0.3, 0.4) is 0 Å². The third kappa shape index (κ3) is 5.34. The Morgan fingerprint density at radius 3 is 2.58 bits per heavy atom. The second-order valence-corrected chi connectivity index (χ2v) is 7.38. The Hall–Kier alpha value is -1.88. The molecule has 1 aliphatic rings. The van der Waals surface area contributed by atoms with Crippen molar-refractivity contribution in [1.82, 2.24) is 10.2 Å². The molecule has 24 heavy (non-hydrogen) atoms. The lowest BCUT2D eigenvalue weighted by Gasteiger charge is -2.26. The molecule has 1 aromatic carbocycles. The maximum Gasteiger partial charge on any atom is 0.328 e. The highest BCUT2D eigenvalue weighted by Gasteiger charge is 2.32. The Bertz CT molecular complexity index is 566. The van der Waals surface area contributed by atoms with Crippen molar-refractivity contribution in [3.05, 3.63) is 35.9 Å². The molecule has 1 N–H and O–H groups in total. The van der Waals surface area contributed by atoms with E-state index in [1.165, 1.54) is 5.56 Å². The molecule has 0 unspecified atom stereocenters. The number of carbonyl (C=O) groups is 2. The van der Waals surface area contributed by atoms with Crippen LogP contribution in [-0.2, 0) is 20.9 Å². The number of benzene rings is 1. The van der Waals surface area contributed by atoms with Gasteiger partial charge in [0, 0.05) is 6.54 Å². The minimum Gasteiger partial charge on any atom is -0.458 e. The maximum absolute atomic E-state index is 12.6. The first-order valence-electron chi connectivity index (χ1n) is 8.57. The molecule has 2 rings (SSSR count). The van der Waals surface area contributed by atoms with E-state index in [4.69, 9.17) is 4.74 Å². The Kier molecular flexibility index (Phi) is 5.99. The molecule has 5 heteroatoms. The van der Waals surface area contributed by atoms with Crippen LogP contribution < -0.4 is 5.32 Å². The zero-order valence-corrected chi connectivity index (χ0v) is 15.0. The van der Waals surface area contributed by atoms with E-state index in [0.29, 0.717) is 0 Å². The van der Waals surface area contributed by atoms with Crippen molar-refractivity contribution in [2.45, 2.75) is 64.8 Å². The van der Waals surface area contributed by atoms with Crippen molar-refractivity contribution in [1.29, 1.82) is 0 Å². The number of nitrogens with zero attached hydrogens (tertiary/aromatic N) is 1. The number of rotatable bonds is 5. The largest absolute Gasteiger partial charge is 0.458 e. The van der Waals surface area contributed by atoms with Gasteiger partial charge < -0.3 is 10.1 Å². The number of hydrogen-bond donors (Lipinski definition) is 1. The van der Waals surface area contributed by atoms with Crippen molar-refractivity contribution in [3.63, 3.8) is 0 Å². The van der Waals surface area contributed by atoms with Crippen LogP contribution in [0.2, 0.25) is 0 Å². The number of esters is 1. The van der Waals surface area contributed by atoms with E-state index < -0.39 is 17.6 Å². The second-order valence-electron chi connectivity index (χ2n) is 7.38. The summed E-state index contributed by atoms with van der Waals surface area (Å²) >= 11 is 0. The molecule has 0 radical (unpaired) electrons. The van der Waals surface area contributed by atoms with Gasteiger partial charge in [-0.15, -0.1) is 0 Å². The lowest BCUT2D eigenvalue weighted by molar-refractivity contribution is -0.158. The van der Waals surface area contributed by atoms with Crippen molar-refractivity contribution < 1.29 is 14.3 Å². The van der Waals surface area contributed by atoms with Gasteiger partial charge >= 0.3 is 5.97 Å². The van der Waals surface area contributed by atoms with Crippen LogP contribution in [-0.4, -0.2) is 41.0 Å². The highest BCUT2D eigenvalue weighted by atomic mass is 16.6. The number of nitrogens with one attached hydrogen (secondary N) is 1. The van der Waals surface area contributed by atoms with Crippen LogP contribution in [0.5, 0.6) is 0 Å². The molecular formula is C19H28N2O3. The van der Waals surface area contributed by atoms with Crippen LogP contribution in [0, 0.1) is 0 Å². The van der Waals surface area contributed by atoms with E-state index in [0.717, 1.165) is 25.9 Å². The molecule has 1 saturated heterocycles. The summed E-state index contributed by atoms with van der Waals surface area (Å²) in [6.07, 6.45) is 1.81. The molecule has 1 aliphatic heterocycles. The van der Waals surface area contributed by atoms with E-state index in [9.17, 15) is 9.59 Å². The molecule has 0 aromatic heterocycles. The highest BCUT2D eigenvalue weighted by molar-refractivity contribution is 5.87. The number of ether oxygens (including phenoxy) is 1. The SMILES string of the molecule is C[C@H](NC(=O)[C@@H]1CCCN1Cc1ccccc1)C(=O)OC(C)(C)C. The van der Waals surface area contributed by atoms with Gasteiger partial charge in [0.1, 0.15) is 11.6 Å². The summed E-state index contributed by atoms with van der Waals surface area (Å²) in [7, 11) is 0. The Balaban J connectivity index is 1.92. The summed E-state index contributed by atoms with van der Waals surface area (Å²) in [5, 5.41) is 2.80. The van der Waals surface area contributed by atoms with Crippen LogP contribution in [0.4, 0.5) is 0 Å². The number of hydrogen-bond acceptors (Lipinski definition) is 4. The molecule has 1 aromatic rings. The topological polar surface area (TPSA) is 58.6 Å². The second kappa shape index (κ2) is 7.79. The normalized spacial score (nSPS) is 19.8. The third-order valence-electron chi connectivity index (χ3n) is 4.01. The Labute approximate surface area is 144 Å². The van der Waals surface area contributed by atoms with Crippen LogP contribution in [0.15, 0.2) is 30.3 Å². The lowest BCUT2D eigenvalue weighted by atomic mass is 10.1. The zero-order chi connectivity index (χ0) is 17.7. The van der Waals surface area contributed by atoms with Crippen LogP contribution >= 0.6 is 0 Å². The van der Waals surface area contributed by atoms with Crippen LogP contribution in [0.1, 0.15) is 46.1 Å². The van der Waals surface area contributed by atoms with Crippen molar-refractivity contribution in [2.24, 2.45) is 0 Å². The summed E-state index contributed by atoms with van der Waals surface area (Å²) in [4.78, 5) is 26.8. The monoisotopic (exact) mass is 332 g/mol. The van der Waals surface area contributed by atoms with Gasteiger partial charge in [-0.1, -0.05) is 30.3 Å². The van der Waals surface area contributed by atoms with Gasteiger partial charge in [0.05, 0.1) is 6.04 Å². The van der Waals surface area contributed by atoms with E-state index in [1.807, 2.05) is 39.0 Å². The fourth-order valence-electron chi connectivity index (χ4n) is 2.89. The molecule has 0 spiro atoms. The molecular weight excluding hydrogens is 304 g/mol. The summed E-state index contributed by atoms with van der Waals surface area (Å²) in [5.41, 5.74) is 0.639. The molecule has 0 bridgehead atoms. The minimum atomic E-state index is -0.643. The average Bonchev–Trinajstić information content (AvgIpc) is 2.94. The first-order valence-corrected chi connectivity index (χ1v) is 8.57. The van der Waals surface area contributed by atoms with E-state index in [1.54, 1.807) is 6.92 Å². The molecule has 5 nitrogen and oxygen atoms in total. The quantitative estimate of drug-likeness (QED) is 0.842. The molecule has 132 valence electrons. The number of carbonyl (C=O) groups excluding carboxylic acids is 2. The van der Waals surface area contributed by atoms with Gasteiger partial charge in [-0.3, -0.25) is 9.69 Å². The Morgan fingerprint density at radius 2 is 1.96 bits per heavy atom. The third-order valence-corrected chi connectivity index (χ3v) is 4.01. The molecule has 2 atom stereocenters. The standard InChI is InChI=1S/C19H28N2O3/c1-14(18(23)24-19(2,3)4)20-17(22)16-11-8-12-21(16)13-15-9-6-5-7-10-15/h5-7,9-10,14,16H,8,11-13H2,1-4H3,(H,20,22)/t14-,16-/m0/s1. The van der Waals surface area contributed by atoms with Crippen molar-refractivity contribution in [2.75, 3.05) is 6.54 Å². The van der Waals surface area contributed by atoms with Gasteiger partial charge in [0.25, 0.3) is 0 Å². The molecule has 1 amide bonds. The maximum atomic E-state index is 12.6. The van der Waals surface area contributed by atoms with E-state index in [2.05, 4.69) is 22.3 Å². The van der Waals surface area contributed by atoms with Crippen molar-refractivity contribution in [3.8, 4) is 0 Å². The summed E-state index contributed by atoms with van der Waals surface area (Å²) in [6.45, 7) is 8.77. The highest BCUT2D eigenvalue weighted by Crippen LogP contribution is 2.20. The van der Waals surface area contributed by atoms with Gasteiger partial charge in [-0.2, -0.15) is 0 Å². The van der Waals surface area contributed by atoms with Gasteiger partial charge in [-0.25, -0.2) is 4.79 Å². The molecule has 1 fully saturated rings. The number of likely N-dealkylation sites (tertiary alicyclic amines) is 1. The summed E-state index contributed by atoms with van der Waals surface area (Å²) in [5.74, 6) is -0.495. The van der Waals surface area contributed by atoms with Gasteiger partial charge in [-0.05, 0) is 52.6 Å². The minimum absolute atomic E-state index is 0.0956. The Morgan fingerprint density at radius 1 is 1.29 bits per heavy atom. The number of amides is 1.